The van der Waals surface area contributed by atoms with Gasteiger partial charge in [0.05, 0.1) is 18.3 Å². The van der Waals surface area contributed by atoms with Crippen LogP contribution in [0, 0.1) is 0 Å². The van der Waals surface area contributed by atoms with Crippen LogP contribution in [0.15, 0.2) is 47.1 Å². The van der Waals surface area contributed by atoms with Crippen molar-refractivity contribution in [1.82, 2.24) is 4.98 Å². The van der Waals surface area contributed by atoms with Crippen molar-refractivity contribution in [2.24, 2.45) is 0 Å². The van der Waals surface area contributed by atoms with E-state index in [0.29, 0.717) is 12.2 Å². The van der Waals surface area contributed by atoms with Crippen molar-refractivity contribution in [1.29, 1.82) is 0 Å². The zero-order chi connectivity index (χ0) is 15.8. The Hall–Kier alpha value is -1.88. The van der Waals surface area contributed by atoms with Crippen LogP contribution in [0.5, 0.6) is 0 Å². The first-order valence-corrected chi connectivity index (χ1v) is 8.21. The molecule has 0 aliphatic carbocycles. The third kappa shape index (κ3) is 5.15. The number of nitrogens with zero attached hydrogens (tertiary/aromatic N) is 1. The fourth-order valence-electron chi connectivity index (χ4n) is 1.98. The van der Waals surface area contributed by atoms with Crippen molar-refractivity contribution in [3.05, 3.63) is 52.6 Å². The number of pyridine rings is 1. The predicted octanol–water partition coefficient (Wildman–Crippen LogP) is 4.24. The number of halogens is 1. The van der Waals surface area contributed by atoms with E-state index in [1.165, 1.54) is 0 Å². The van der Waals surface area contributed by atoms with Crippen molar-refractivity contribution in [3.8, 4) is 0 Å². The molecule has 1 aromatic heterocycles. The molecule has 0 radical (unpaired) electrons. The molecule has 0 unspecified atom stereocenters. The van der Waals surface area contributed by atoms with E-state index in [0.717, 1.165) is 35.1 Å². The summed E-state index contributed by atoms with van der Waals surface area (Å²) < 4.78 is 0.939. The number of amides is 1. The average molecular weight is 362 g/mol. The van der Waals surface area contributed by atoms with Crippen LogP contribution in [-0.2, 0) is 11.2 Å². The van der Waals surface area contributed by atoms with Gasteiger partial charge < -0.3 is 10.6 Å². The van der Waals surface area contributed by atoms with Gasteiger partial charge in [0.1, 0.15) is 5.82 Å². The van der Waals surface area contributed by atoms with Crippen LogP contribution in [0.4, 0.5) is 11.5 Å². The van der Waals surface area contributed by atoms with Crippen molar-refractivity contribution < 1.29 is 4.79 Å². The molecule has 1 heterocycles. The lowest BCUT2D eigenvalue weighted by atomic mass is 10.1. The van der Waals surface area contributed by atoms with Gasteiger partial charge in [-0.25, -0.2) is 4.98 Å². The maximum Gasteiger partial charge on any atom is 0.229 e. The fraction of sp³-hybridized carbons (Fsp3) is 0.294. The molecule has 0 aliphatic rings. The number of rotatable bonds is 7. The van der Waals surface area contributed by atoms with Crippen LogP contribution in [0.3, 0.4) is 0 Å². The van der Waals surface area contributed by atoms with E-state index >= 15 is 0 Å². The highest BCUT2D eigenvalue weighted by atomic mass is 79.9. The van der Waals surface area contributed by atoms with Gasteiger partial charge in [-0.3, -0.25) is 4.79 Å². The van der Waals surface area contributed by atoms with Gasteiger partial charge in [-0.05, 0) is 30.2 Å². The minimum atomic E-state index is -0.0777. The Morgan fingerprint density at radius 3 is 2.73 bits per heavy atom. The van der Waals surface area contributed by atoms with E-state index in [-0.39, 0.29) is 5.91 Å². The molecule has 116 valence electrons. The molecule has 0 spiro atoms. The largest absolute Gasteiger partial charge is 0.384 e. The molecule has 2 N–H and O–H groups in total. The Morgan fingerprint density at radius 1 is 1.23 bits per heavy atom. The van der Waals surface area contributed by atoms with Crippen LogP contribution < -0.4 is 10.6 Å². The maximum absolute atomic E-state index is 12.0. The van der Waals surface area contributed by atoms with Gasteiger partial charge in [0.2, 0.25) is 5.91 Å². The van der Waals surface area contributed by atoms with Gasteiger partial charge in [-0.15, -0.1) is 0 Å². The standard InChI is InChI=1S/C17H20BrN3O/c1-2-3-10-19-14-8-9-16(20-12-14)21-17(22)11-13-6-4-5-7-15(13)18/h4-9,12,19H,2-3,10-11H2,1H3,(H,20,21,22). The van der Waals surface area contributed by atoms with E-state index in [9.17, 15) is 4.79 Å². The van der Waals surface area contributed by atoms with E-state index in [4.69, 9.17) is 0 Å². The lowest BCUT2D eigenvalue weighted by Crippen LogP contribution is -2.15. The molecule has 0 atom stereocenters. The highest BCUT2D eigenvalue weighted by Gasteiger charge is 2.07. The molecular formula is C17H20BrN3O. The van der Waals surface area contributed by atoms with Gasteiger partial charge in [0.15, 0.2) is 0 Å². The van der Waals surface area contributed by atoms with Crippen LogP contribution in [0.1, 0.15) is 25.3 Å². The Labute approximate surface area is 139 Å². The Kier molecular flexibility index (Phi) is 6.40. The molecule has 22 heavy (non-hydrogen) atoms. The number of benzene rings is 1. The molecular weight excluding hydrogens is 342 g/mol. The lowest BCUT2D eigenvalue weighted by molar-refractivity contribution is -0.115. The summed E-state index contributed by atoms with van der Waals surface area (Å²) in [5, 5.41) is 6.11. The lowest BCUT2D eigenvalue weighted by Gasteiger charge is -2.08. The molecule has 0 saturated heterocycles. The van der Waals surface area contributed by atoms with Crippen LogP contribution in [0.25, 0.3) is 0 Å². The van der Waals surface area contributed by atoms with Gasteiger partial charge in [0.25, 0.3) is 0 Å². The fourth-order valence-corrected chi connectivity index (χ4v) is 2.41. The smallest absolute Gasteiger partial charge is 0.229 e. The first kappa shape index (κ1) is 16.5. The van der Waals surface area contributed by atoms with Crippen molar-refractivity contribution in [3.63, 3.8) is 0 Å². The first-order valence-electron chi connectivity index (χ1n) is 7.42. The Balaban J connectivity index is 1.88. The summed E-state index contributed by atoms with van der Waals surface area (Å²) in [5.74, 6) is 0.490. The van der Waals surface area contributed by atoms with E-state index < -0.39 is 0 Å². The quantitative estimate of drug-likeness (QED) is 0.725. The van der Waals surface area contributed by atoms with Crippen molar-refractivity contribution >= 4 is 33.3 Å². The van der Waals surface area contributed by atoms with E-state index in [2.05, 4.69) is 38.5 Å². The van der Waals surface area contributed by atoms with E-state index in [1.807, 2.05) is 36.4 Å². The molecule has 1 aromatic carbocycles. The minimum Gasteiger partial charge on any atom is -0.384 e. The second-order valence-electron chi connectivity index (χ2n) is 5.03. The minimum absolute atomic E-state index is 0.0777. The third-order valence-corrected chi connectivity index (χ3v) is 3.97. The number of unbranched alkanes of at least 4 members (excludes halogenated alkanes) is 1. The molecule has 2 aromatic rings. The summed E-state index contributed by atoms with van der Waals surface area (Å²) in [6.45, 7) is 3.09. The summed E-state index contributed by atoms with van der Waals surface area (Å²) in [6.07, 6.45) is 4.34. The Morgan fingerprint density at radius 2 is 2.05 bits per heavy atom. The molecule has 5 heteroatoms. The zero-order valence-electron chi connectivity index (χ0n) is 12.6. The van der Waals surface area contributed by atoms with Gasteiger partial charge in [-0.1, -0.05) is 47.5 Å². The molecule has 0 bridgehead atoms. The second-order valence-corrected chi connectivity index (χ2v) is 5.88. The van der Waals surface area contributed by atoms with Gasteiger partial charge in [-0.2, -0.15) is 0 Å². The number of hydrogen-bond acceptors (Lipinski definition) is 3. The monoisotopic (exact) mass is 361 g/mol. The molecule has 1 amide bonds. The first-order chi connectivity index (χ1) is 10.7. The number of aromatic nitrogens is 1. The molecule has 4 nitrogen and oxygen atoms in total. The van der Waals surface area contributed by atoms with Gasteiger partial charge >= 0.3 is 0 Å². The molecule has 0 fully saturated rings. The van der Waals surface area contributed by atoms with Crippen LogP contribution >= 0.6 is 15.9 Å². The summed E-state index contributed by atoms with van der Waals surface area (Å²) in [7, 11) is 0. The number of carbonyl (C=O) groups is 1. The summed E-state index contributed by atoms with van der Waals surface area (Å²) in [4.78, 5) is 16.3. The highest BCUT2D eigenvalue weighted by Crippen LogP contribution is 2.17. The summed E-state index contributed by atoms with van der Waals surface area (Å²) >= 11 is 3.45. The average Bonchev–Trinajstić information content (AvgIpc) is 2.51. The van der Waals surface area contributed by atoms with E-state index in [1.54, 1.807) is 6.20 Å². The molecule has 2 rings (SSSR count). The predicted molar refractivity (Wildman–Crippen MR) is 94.1 cm³/mol. The number of hydrogen-bond donors (Lipinski definition) is 2. The number of nitrogens with one attached hydrogen (secondary N) is 2. The Bertz CT molecular complexity index is 614. The second kappa shape index (κ2) is 8.54. The van der Waals surface area contributed by atoms with Crippen molar-refractivity contribution in [2.75, 3.05) is 17.2 Å². The number of carbonyl (C=O) groups excluding carboxylic acids is 1. The highest BCUT2D eigenvalue weighted by molar-refractivity contribution is 9.10. The topological polar surface area (TPSA) is 54.0 Å². The molecule has 0 aliphatic heterocycles. The summed E-state index contributed by atoms with van der Waals surface area (Å²) in [5.41, 5.74) is 1.93. The molecule has 0 saturated carbocycles. The van der Waals surface area contributed by atoms with Crippen molar-refractivity contribution in [2.45, 2.75) is 26.2 Å². The number of anilines is 2. The SMILES string of the molecule is CCCCNc1ccc(NC(=O)Cc2ccccc2Br)nc1. The zero-order valence-corrected chi connectivity index (χ0v) is 14.2. The third-order valence-electron chi connectivity index (χ3n) is 3.20. The normalized spacial score (nSPS) is 10.3. The summed E-state index contributed by atoms with van der Waals surface area (Å²) in [6, 6.07) is 11.4. The van der Waals surface area contributed by atoms with Crippen LogP contribution in [0.2, 0.25) is 0 Å². The maximum atomic E-state index is 12.0. The van der Waals surface area contributed by atoms with Crippen LogP contribution in [-0.4, -0.2) is 17.4 Å². The van der Waals surface area contributed by atoms with Gasteiger partial charge in [0, 0.05) is 11.0 Å².